The normalized spacial score (nSPS) is 15.0. The lowest BCUT2D eigenvalue weighted by Crippen LogP contribution is -2.44. The zero-order valence-electron chi connectivity index (χ0n) is 19.0. The minimum absolute atomic E-state index is 0.125. The lowest BCUT2D eigenvalue weighted by Gasteiger charge is -2.30. The lowest BCUT2D eigenvalue weighted by molar-refractivity contribution is 0.0911. The van der Waals surface area contributed by atoms with E-state index in [1.165, 1.54) is 0 Å². The number of fused-ring (bicyclic) bond motifs is 1. The minimum Gasteiger partial charge on any atom is -0.348 e. The van der Waals surface area contributed by atoms with Gasteiger partial charge in [0.1, 0.15) is 0 Å². The summed E-state index contributed by atoms with van der Waals surface area (Å²) in [5.41, 5.74) is 4.49. The Bertz CT molecular complexity index is 1150. The first kappa shape index (κ1) is 22.0. The van der Waals surface area contributed by atoms with Gasteiger partial charge in [0.05, 0.1) is 12.1 Å². The predicted molar refractivity (Wildman–Crippen MR) is 127 cm³/mol. The van der Waals surface area contributed by atoms with E-state index in [1.54, 1.807) is 0 Å². The van der Waals surface area contributed by atoms with E-state index >= 15 is 0 Å². The second-order valence-electron chi connectivity index (χ2n) is 8.60. The van der Waals surface area contributed by atoms with E-state index in [1.807, 2.05) is 51.6 Å². The number of carbonyl (C=O) groups excluding carboxylic acids is 1. The van der Waals surface area contributed by atoms with Crippen LogP contribution in [0.25, 0.3) is 22.0 Å². The summed E-state index contributed by atoms with van der Waals surface area (Å²) in [7, 11) is 4.08. The first-order valence-electron chi connectivity index (χ1n) is 11.0. The summed E-state index contributed by atoms with van der Waals surface area (Å²) in [5, 5.41) is 11.3. The molecule has 0 aliphatic carbocycles. The summed E-state index contributed by atoms with van der Waals surface area (Å²) in [6.07, 6.45) is 5.60. The van der Waals surface area contributed by atoms with Crippen molar-refractivity contribution in [3.8, 4) is 23.0 Å². The Morgan fingerprint density at radius 3 is 2.78 bits per heavy atom. The summed E-state index contributed by atoms with van der Waals surface area (Å²) < 4.78 is 0. The third-order valence-electron chi connectivity index (χ3n) is 5.81. The number of likely N-dealkylation sites (tertiary alicyclic amines) is 1. The maximum absolute atomic E-state index is 13.0. The summed E-state index contributed by atoms with van der Waals surface area (Å²) in [4.78, 5) is 21.9. The van der Waals surface area contributed by atoms with Crippen molar-refractivity contribution in [3.05, 3.63) is 47.9 Å². The highest BCUT2D eigenvalue weighted by molar-refractivity contribution is 6.05. The number of nitrogens with zero attached hydrogens (tertiary/aromatic N) is 4. The van der Waals surface area contributed by atoms with Crippen LogP contribution in [0.1, 0.15) is 35.8 Å². The number of hydrogen-bond acceptors (Lipinski definition) is 5. The van der Waals surface area contributed by atoms with Crippen molar-refractivity contribution in [1.29, 1.82) is 0 Å². The molecule has 32 heavy (non-hydrogen) atoms. The van der Waals surface area contributed by atoms with Gasteiger partial charge < -0.3 is 10.2 Å². The maximum atomic E-state index is 13.0. The second kappa shape index (κ2) is 9.94. The van der Waals surface area contributed by atoms with Crippen molar-refractivity contribution in [1.82, 2.24) is 30.3 Å². The molecule has 0 spiro atoms. The SMILES string of the molecule is CC#CCN1CCC(NC(=O)c2n[nH]c3ccc(-c4cncc(CN(C)C)c4)cc23)CC1. The summed E-state index contributed by atoms with van der Waals surface area (Å²) in [5.74, 6) is 5.93. The van der Waals surface area contributed by atoms with Crippen LogP contribution in [0.5, 0.6) is 0 Å². The molecule has 0 atom stereocenters. The summed E-state index contributed by atoms with van der Waals surface area (Å²) in [6.45, 7) is 5.38. The smallest absolute Gasteiger partial charge is 0.272 e. The van der Waals surface area contributed by atoms with Gasteiger partial charge >= 0.3 is 0 Å². The Labute approximate surface area is 189 Å². The molecule has 4 rings (SSSR count). The molecule has 3 aromatic rings. The molecule has 2 N–H and O–H groups in total. The van der Waals surface area contributed by atoms with Crippen LogP contribution in [0.3, 0.4) is 0 Å². The van der Waals surface area contributed by atoms with E-state index in [9.17, 15) is 4.79 Å². The maximum Gasteiger partial charge on any atom is 0.272 e. The van der Waals surface area contributed by atoms with Gasteiger partial charge in [0.2, 0.25) is 0 Å². The van der Waals surface area contributed by atoms with Crippen LogP contribution in [0, 0.1) is 11.8 Å². The molecule has 1 fully saturated rings. The average Bonchev–Trinajstić information content (AvgIpc) is 3.22. The molecule has 1 aliphatic rings. The number of aromatic nitrogens is 3. The molecule has 7 nitrogen and oxygen atoms in total. The highest BCUT2D eigenvalue weighted by atomic mass is 16.2. The molecule has 1 saturated heterocycles. The van der Waals surface area contributed by atoms with Gasteiger partial charge in [-0.25, -0.2) is 0 Å². The first-order valence-corrected chi connectivity index (χ1v) is 11.0. The van der Waals surface area contributed by atoms with Crippen LogP contribution in [0.4, 0.5) is 0 Å². The van der Waals surface area contributed by atoms with Gasteiger partial charge in [-0.15, -0.1) is 5.92 Å². The molecule has 3 heterocycles. The fourth-order valence-corrected chi connectivity index (χ4v) is 4.14. The molecule has 0 bridgehead atoms. The van der Waals surface area contributed by atoms with Crippen LogP contribution < -0.4 is 5.32 Å². The Hall–Kier alpha value is -3.21. The van der Waals surface area contributed by atoms with Gasteiger partial charge in [-0.3, -0.25) is 19.8 Å². The molecule has 2 aromatic heterocycles. The molecule has 1 amide bonds. The van der Waals surface area contributed by atoms with E-state index in [4.69, 9.17) is 0 Å². The molecular formula is C25H30N6O. The highest BCUT2D eigenvalue weighted by Crippen LogP contribution is 2.26. The Morgan fingerprint density at radius 2 is 2.03 bits per heavy atom. The number of aromatic amines is 1. The highest BCUT2D eigenvalue weighted by Gasteiger charge is 2.23. The largest absolute Gasteiger partial charge is 0.348 e. The van der Waals surface area contributed by atoms with Gasteiger partial charge in [-0.1, -0.05) is 12.0 Å². The monoisotopic (exact) mass is 430 g/mol. The molecule has 0 saturated carbocycles. The molecule has 1 aromatic carbocycles. The fraction of sp³-hybridized carbons (Fsp3) is 0.400. The van der Waals surface area contributed by atoms with Gasteiger partial charge in [-0.05, 0) is 63.2 Å². The number of pyridine rings is 1. The van der Waals surface area contributed by atoms with Crippen LogP contribution in [0.2, 0.25) is 0 Å². The number of amides is 1. The summed E-state index contributed by atoms with van der Waals surface area (Å²) >= 11 is 0. The average molecular weight is 431 g/mol. The van der Waals surface area contributed by atoms with Gasteiger partial charge in [-0.2, -0.15) is 5.10 Å². The lowest BCUT2D eigenvalue weighted by atomic mass is 10.0. The quantitative estimate of drug-likeness (QED) is 0.588. The van der Waals surface area contributed by atoms with E-state index in [0.29, 0.717) is 5.69 Å². The number of benzene rings is 1. The topological polar surface area (TPSA) is 77.1 Å². The van der Waals surface area contributed by atoms with Crippen molar-refractivity contribution in [2.24, 2.45) is 0 Å². The fourth-order valence-electron chi connectivity index (χ4n) is 4.14. The molecular weight excluding hydrogens is 400 g/mol. The van der Waals surface area contributed by atoms with Gasteiger partial charge in [0.15, 0.2) is 5.69 Å². The number of H-pyrrole nitrogens is 1. The van der Waals surface area contributed by atoms with Gasteiger partial charge in [0.25, 0.3) is 5.91 Å². The van der Waals surface area contributed by atoms with Gasteiger partial charge in [0, 0.05) is 49.0 Å². The third-order valence-corrected chi connectivity index (χ3v) is 5.81. The number of rotatable bonds is 6. The van der Waals surface area contributed by atoms with E-state index in [0.717, 1.165) is 66.6 Å². The van der Waals surface area contributed by atoms with E-state index in [-0.39, 0.29) is 11.9 Å². The number of nitrogens with one attached hydrogen (secondary N) is 2. The van der Waals surface area contributed by atoms with Crippen LogP contribution in [-0.4, -0.2) is 70.7 Å². The van der Waals surface area contributed by atoms with E-state index < -0.39 is 0 Å². The first-order chi connectivity index (χ1) is 15.5. The predicted octanol–water partition coefficient (Wildman–Crippen LogP) is 2.90. The number of hydrogen-bond donors (Lipinski definition) is 2. The molecule has 7 heteroatoms. The Kier molecular flexibility index (Phi) is 6.84. The molecule has 0 radical (unpaired) electrons. The standard InChI is InChI=1S/C25H30N6O/c1-4-5-10-31-11-8-21(9-12-31)27-25(32)24-22-14-19(6-7-23(22)28-29-24)20-13-18(15-26-16-20)17-30(2)3/h6-7,13-16,21H,8-12,17H2,1-3H3,(H,27,32)(H,28,29). The minimum atomic E-state index is -0.125. The van der Waals surface area contributed by atoms with Crippen molar-refractivity contribution >= 4 is 16.8 Å². The van der Waals surface area contributed by atoms with Crippen molar-refractivity contribution < 1.29 is 4.79 Å². The molecule has 0 unspecified atom stereocenters. The number of carbonyl (C=O) groups is 1. The van der Waals surface area contributed by atoms with Crippen LogP contribution in [0.15, 0.2) is 36.7 Å². The van der Waals surface area contributed by atoms with Crippen molar-refractivity contribution in [2.45, 2.75) is 32.4 Å². The van der Waals surface area contributed by atoms with E-state index in [2.05, 4.69) is 48.2 Å². The molecule has 1 aliphatic heterocycles. The summed E-state index contributed by atoms with van der Waals surface area (Å²) in [6, 6.07) is 8.34. The zero-order valence-corrected chi connectivity index (χ0v) is 19.0. The van der Waals surface area contributed by atoms with Crippen LogP contribution in [-0.2, 0) is 6.54 Å². The zero-order chi connectivity index (χ0) is 22.5. The molecule has 166 valence electrons. The van der Waals surface area contributed by atoms with Crippen LogP contribution >= 0.6 is 0 Å². The van der Waals surface area contributed by atoms with Crippen molar-refractivity contribution in [3.63, 3.8) is 0 Å². The second-order valence-corrected chi connectivity index (χ2v) is 8.60. The Balaban J connectivity index is 1.49. The van der Waals surface area contributed by atoms with Crippen molar-refractivity contribution in [2.75, 3.05) is 33.7 Å². The third kappa shape index (κ3) is 5.16. The number of piperidine rings is 1. The Morgan fingerprint density at radius 1 is 1.22 bits per heavy atom.